The molecule has 0 aromatic carbocycles. The molecule has 1 rings (SSSR count). The highest BCUT2D eigenvalue weighted by Gasteiger charge is 2.19. The summed E-state index contributed by atoms with van der Waals surface area (Å²) in [6, 6.07) is 0. The number of hydrogen-bond donors (Lipinski definition) is 1. The lowest BCUT2D eigenvalue weighted by molar-refractivity contribution is 0.177. The fraction of sp³-hybridized carbons (Fsp3) is 0.667. The van der Waals surface area contributed by atoms with Crippen LogP contribution in [0.5, 0.6) is 0 Å². The topological polar surface area (TPSA) is 73.9 Å². The summed E-state index contributed by atoms with van der Waals surface area (Å²) in [4.78, 5) is 12.3. The molecule has 1 aromatic rings. The Hall–Kier alpha value is -1.23. The van der Waals surface area contributed by atoms with Gasteiger partial charge in [0.1, 0.15) is 12.4 Å². The van der Waals surface area contributed by atoms with E-state index in [1.54, 1.807) is 7.11 Å². The molecule has 78 valence electrons. The Morgan fingerprint density at radius 3 is 2.36 bits per heavy atom. The van der Waals surface area contributed by atoms with Gasteiger partial charge in [-0.1, -0.05) is 20.8 Å². The molecular weight excluding hydrogens is 180 g/mol. The first-order valence-electron chi connectivity index (χ1n) is 4.43. The molecule has 5 nitrogen and oxygen atoms in total. The van der Waals surface area contributed by atoms with Crippen molar-refractivity contribution in [3.8, 4) is 0 Å². The summed E-state index contributed by atoms with van der Waals surface area (Å²) in [6.45, 7) is 6.44. The van der Waals surface area contributed by atoms with Crippen LogP contribution in [-0.4, -0.2) is 22.1 Å². The average molecular weight is 196 g/mol. The van der Waals surface area contributed by atoms with Crippen molar-refractivity contribution in [3.63, 3.8) is 0 Å². The first-order chi connectivity index (χ1) is 6.43. The SMILES string of the molecule is COCc1nc(N)nc(C(C)(C)C)n1. The van der Waals surface area contributed by atoms with Gasteiger partial charge in [-0.3, -0.25) is 0 Å². The number of ether oxygens (including phenoxy) is 1. The monoisotopic (exact) mass is 196 g/mol. The predicted molar refractivity (Wildman–Crippen MR) is 53.7 cm³/mol. The average Bonchev–Trinajstić information content (AvgIpc) is 2.02. The molecule has 0 aliphatic rings. The van der Waals surface area contributed by atoms with E-state index < -0.39 is 0 Å². The van der Waals surface area contributed by atoms with Crippen LogP contribution in [0.4, 0.5) is 5.95 Å². The largest absolute Gasteiger partial charge is 0.377 e. The van der Waals surface area contributed by atoms with Gasteiger partial charge in [-0.15, -0.1) is 0 Å². The molecule has 0 aliphatic heterocycles. The van der Waals surface area contributed by atoms with Crippen LogP contribution in [0.25, 0.3) is 0 Å². The van der Waals surface area contributed by atoms with Crippen LogP contribution in [0.2, 0.25) is 0 Å². The molecule has 5 heteroatoms. The molecule has 1 heterocycles. The zero-order chi connectivity index (χ0) is 10.8. The van der Waals surface area contributed by atoms with Crippen molar-refractivity contribution in [2.75, 3.05) is 12.8 Å². The number of nitrogens with two attached hydrogens (primary N) is 1. The maximum Gasteiger partial charge on any atom is 0.223 e. The third kappa shape index (κ3) is 2.63. The summed E-state index contributed by atoms with van der Waals surface area (Å²) in [5.74, 6) is 1.51. The van der Waals surface area contributed by atoms with Gasteiger partial charge in [0.2, 0.25) is 5.95 Å². The minimum absolute atomic E-state index is 0.125. The molecule has 0 saturated carbocycles. The Morgan fingerprint density at radius 2 is 1.86 bits per heavy atom. The second-order valence-electron chi connectivity index (χ2n) is 4.12. The lowest BCUT2D eigenvalue weighted by Gasteiger charge is -2.16. The molecule has 0 aliphatic carbocycles. The van der Waals surface area contributed by atoms with E-state index in [0.717, 1.165) is 0 Å². The molecule has 0 spiro atoms. The molecule has 14 heavy (non-hydrogen) atoms. The summed E-state index contributed by atoms with van der Waals surface area (Å²) < 4.78 is 4.94. The summed E-state index contributed by atoms with van der Waals surface area (Å²) in [7, 11) is 1.59. The smallest absolute Gasteiger partial charge is 0.223 e. The van der Waals surface area contributed by atoms with Gasteiger partial charge in [-0.05, 0) is 0 Å². The van der Waals surface area contributed by atoms with Crippen molar-refractivity contribution >= 4 is 5.95 Å². The Morgan fingerprint density at radius 1 is 1.21 bits per heavy atom. The lowest BCUT2D eigenvalue weighted by Crippen LogP contribution is -2.19. The van der Waals surface area contributed by atoms with Gasteiger partial charge in [-0.25, -0.2) is 4.98 Å². The highest BCUT2D eigenvalue weighted by molar-refractivity contribution is 5.18. The number of rotatable bonds is 2. The van der Waals surface area contributed by atoms with Gasteiger partial charge in [0.25, 0.3) is 0 Å². The van der Waals surface area contributed by atoms with Crippen molar-refractivity contribution in [1.82, 2.24) is 15.0 Å². The van der Waals surface area contributed by atoms with Gasteiger partial charge in [0.15, 0.2) is 5.82 Å². The van der Waals surface area contributed by atoms with Crippen LogP contribution in [0.1, 0.15) is 32.4 Å². The minimum atomic E-state index is -0.125. The predicted octanol–water partition coefficient (Wildman–Crippen LogP) is 0.898. The molecule has 0 unspecified atom stereocenters. The third-order valence-corrected chi connectivity index (χ3v) is 1.64. The van der Waals surface area contributed by atoms with Crippen LogP contribution in [0, 0.1) is 0 Å². The second kappa shape index (κ2) is 3.88. The van der Waals surface area contributed by atoms with E-state index in [1.807, 2.05) is 20.8 Å². The molecule has 1 aromatic heterocycles. The summed E-state index contributed by atoms with van der Waals surface area (Å²) >= 11 is 0. The molecule has 2 N–H and O–H groups in total. The number of anilines is 1. The van der Waals surface area contributed by atoms with E-state index in [0.29, 0.717) is 18.3 Å². The van der Waals surface area contributed by atoms with Crippen molar-refractivity contribution in [3.05, 3.63) is 11.6 Å². The zero-order valence-electron chi connectivity index (χ0n) is 9.03. The van der Waals surface area contributed by atoms with Crippen LogP contribution >= 0.6 is 0 Å². The number of nitrogens with zero attached hydrogens (tertiary/aromatic N) is 3. The van der Waals surface area contributed by atoms with Crippen molar-refractivity contribution in [2.45, 2.75) is 32.8 Å². The van der Waals surface area contributed by atoms with E-state index in [2.05, 4.69) is 15.0 Å². The molecule has 0 atom stereocenters. The minimum Gasteiger partial charge on any atom is -0.377 e. The van der Waals surface area contributed by atoms with E-state index in [4.69, 9.17) is 10.5 Å². The van der Waals surface area contributed by atoms with Gasteiger partial charge < -0.3 is 10.5 Å². The van der Waals surface area contributed by atoms with Crippen LogP contribution in [0.3, 0.4) is 0 Å². The Labute approximate surface area is 83.7 Å². The number of methoxy groups -OCH3 is 1. The first-order valence-corrected chi connectivity index (χ1v) is 4.43. The molecule has 0 amide bonds. The number of nitrogen functional groups attached to an aromatic ring is 1. The highest BCUT2D eigenvalue weighted by atomic mass is 16.5. The Kier molecular flexibility index (Phi) is 3.00. The van der Waals surface area contributed by atoms with Gasteiger partial charge >= 0.3 is 0 Å². The summed E-state index contributed by atoms with van der Waals surface area (Å²) in [5.41, 5.74) is 5.44. The molecule has 0 fully saturated rings. The highest BCUT2D eigenvalue weighted by Crippen LogP contribution is 2.18. The van der Waals surface area contributed by atoms with Crippen LogP contribution in [-0.2, 0) is 16.8 Å². The normalized spacial score (nSPS) is 11.7. The van der Waals surface area contributed by atoms with E-state index in [9.17, 15) is 0 Å². The Balaban J connectivity index is 3.07. The van der Waals surface area contributed by atoms with Gasteiger partial charge in [0, 0.05) is 12.5 Å². The van der Waals surface area contributed by atoms with Crippen LogP contribution in [0.15, 0.2) is 0 Å². The van der Waals surface area contributed by atoms with Crippen LogP contribution < -0.4 is 5.73 Å². The lowest BCUT2D eigenvalue weighted by atomic mass is 9.96. The quantitative estimate of drug-likeness (QED) is 0.760. The standard InChI is InChI=1S/C9H16N4O/c1-9(2,3)7-11-6(5-14-4)12-8(10)13-7/h5H2,1-4H3,(H2,10,11,12,13). The van der Waals surface area contributed by atoms with Crippen molar-refractivity contribution in [1.29, 1.82) is 0 Å². The maximum atomic E-state index is 5.57. The van der Waals surface area contributed by atoms with Crippen molar-refractivity contribution in [2.24, 2.45) is 0 Å². The molecule has 0 radical (unpaired) electrons. The fourth-order valence-corrected chi connectivity index (χ4v) is 0.967. The van der Waals surface area contributed by atoms with E-state index >= 15 is 0 Å². The van der Waals surface area contributed by atoms with Gasteiger partial charge in [0.05, 0.1) is 0 Å². The summed E-state index contributed by atoms with van der Waals surface area (Å²) in [5, 5.41) is 0. The van der Waals surface area contributed by atoms with Crippen molar-refractivity contribution < 1.29 is 4.74 Å². The fourth-order valence-electron chi connectivity index (χ4n) is 0.967. The molecule has 0 bridgehead atoms. The number of aromatic nitrogens is 3. The number of hydrogen-bond acceptors (Lipinski definition) is 5. The third-order valence-electron chi connectivity index (χ3n) is 1.64. The zero-order valence-corrected chi connectivity index (χ0v) is 9.03. The summed E-state index contributed by atoms with van der Waals surface area (Å²) in [6.07, 6.45) is 0. The van der Waals surface area contributed by atoms with E-state index in [1.165, 1.54) is 0 Å². The van der Waals surface area contributed by atoms with Gasteiger partial charge in [-0.2, -0.15) is 9.97 Å². The maximum absolute atomic E-state index is 5.57. The molecular formula is C9H16N4O. The molecule has 0 saturated heterocycles. The van der Waals surface area contributed by atoms with E-state index in [-0.39, 0.29) is 11.4 Å². The second-order valence-corrected chi connectivity index (χ2v) is 4.12. The Bertz CT molecular complexity index is 319. The first kappa shape index (κ1) is 10.8.